The molecule has 0 atom stereocenters. The minimum atomic E-state index is -0.539. The molecule has 0 saturated carbocycles. The Bertz CT molecular complexity index is 887. The Morgan fingerprint density at radius 3 is 2.64 bits per heavy atom. The second-order valence-electron chi connectivity index (χ2n) is 4.78. The van der Waals surface area contributed by atoms with E-state index in [0.29, 0.717) is 16.5 Å². The topological polar surface area (TPSA) is 59.3 Å². The van der Waals surface area contributed by atoms with Crippen LogP contribution in [0.5, 0.6) is 0 Å². The van der Waals surface area contributed by atoms with Crippen molar-refractivity contribution in [2.45, 2.75) is 6.54 Å². The second-order valence-corrected chi connectivity index (χ2v) is 4.78. The maximum atomic E-state index is 13.4. The first-order valence-corrected chi connectivity index (χ1v) is 6.69. The summed E-state index contributed by atoms with van der Waals surface area (Å²) in [6.07, 6.45) is 0. The summed E-state index contributed by atoms with van der Waals surface area (Å²) >= 11 is 0. The van der Waals surface area contributed by atoms with Gasteiger partial charge in [0, 0.05) is 23.6 Å². The fraction of sp³-hybridized carbons (Fsp3) is 0.0588. The van der Waals surface area contributed by atoms with Crippen molar-refractivity contribution in [2.24, 2.45) is 0 Å². The molecule has 1 heterocycles. The van der Waals surface area contributed by atoms with Gasteiger partial charge < -0.3 is 9.73 Å². The molecule has 1 amide bonds. The number of benzene rings is 2. The number of carbonyl (C=O) groups excluding carboxylic acids is 1. The van der Waals surface area contributed by atoms with Crippen molar-refractivity contribution in [3.05, 3.63) is 82.0 Å². The fourth-order valence-corrected chi connectivity index (χ4v) is 2.21. The van der Waals surface area contributed by atoms with E-state index in [-0.39, 0.29) is 18.0 Å². The molecule has 0 aliphatic rings. The van der Waals surface area contributed by atoms with Crippen LogP contribution in [0.3, 0.4) is 0 Å². The van der Waals surface area contributed by atoms with Crippen molar-refractivity contribution in [1.82, 2.24) is 5.32 Å². The van der Waals surface area contributed by atoms with E-state index in [9.17, 15) is 14.0 Å². The van der Waals surface area contributed by atoms with Crippen LogP contribution in [0.2, 0.25) is 0 Å². The van der Waals surface area contributed by atoms with Gasteiger partial charge in [-0.1, -0.05) is 18.2 Å². The molecule has 110 valence electrons. The zero-order valence-corrected chi connectivity index (χ0v) is 11.5. The minimum absolute atomic E-state index is 0.110. The van der Waals surface area contributed by atoms with Crippen molar-refractivity contribution >= 4 is 16.9 Å². The molecule has 5 heteroatoms. The lowest BCUT2D eigenvalue weighted by molar-refractivity contribution is 0.0951. The van der Waals surface area contributed by atoms with Crippen molar-refractivity contribution in [1.29, 1.82) is 0 Å². The van der Waals surface area contributed by atoms with E-state index < -0.39 is 11.4 Å². The van der Waals surface area contributed by atoms with Crippen molar-refractivity contribution < 1.29 is 13.6 Å². The third kappa shape index (κ3) is 2.88. The smallest absolute Gasteiger partial charge is 0.336 e. The van der Waals surface area contributed by atoms with Gasteiger partial charge in [0.2, 0.25) is 0 Å². The maximum Gasteiger partial charge on any atom is 0.336 e. The van der Waals surface area contributed by atoms with Crippen LogP contribution in [0.25, 0.3) is 11.0 Å². The Kier molecular flexibility index (Phi) is 3.70. The number of nitrogens with one attached hydrogen (secondary N) is 1. The first-order valence-electron chi connectivity index (χ1n) is 6.69. The van der Waals surface area contributed by atoms with Crippen molar-refractivity contribution in [3.8, 4) is 0 Å². The van der Waals surface area contributed by atoms with E-state index in [1.54, 1.807) is 24.3 Å². The lowest BCUT2D eigenvalue weighted by Gasteiger charge is -2.07. The second kappa shape index (κ2) is 5.81. The van der Waals surface area contributed by atoms with Gasteiger partial charge in [-0.2, -0.15) is 0 Å². The molecule has 22 heavy (non-hydrogen) atoms. The zero-order valence-electron chi connectivity index (χ0n) is 11.5. The number of halogens is 1. The Hall–Kier alpha value is -2.95. The lowest BCUT2D eigenvalue weighted by Crippen LogP contribution is -2.23. The Labute approximate surface area is 125 Å². The van der Waals surface area contributed by atoms with Gasteiger partial charge in [0.25, 0.3) is 5.91 Å². The number of hydrogen-bond acceptors (Lipinski definition) is 3. The summed E-state index contributed by atoms with van der Waals surface area (Å²) in [4.78, 5) is 23.5. The average Bonchev–Trinajstić information content (AvgIpc) is 2.53. The highest BCUT2D eigenvalue weighted by atomic mass is 19.1. The summed E-state index contributed by atoms with van der Waals surface area (Å²) in [7, 11) is 0. The van der Waals surface area contributed by atoms with Crippen LogP contribution < -0.4 is 10.9 Å². The third-order valence-electron chi connectivity index (χ3n) is 3.27. The average molecular weight is 297 g/mol. The predicted molar refractivity (Wildman–Crippen MR) is 80.1 cm³/mol. The molecule has 0 radical (unpaired) electrons. The van der Waals surface area contributed by atoms with Gasteiger partial charge in [-0.25, -0.2) is 9.18 Å². The molecule has 0 saturated heterocycles. The standard InChI is InChI=1S/C17H12FNO3/c18-13-6-7-15-14(9-13)12(8-16(20)22-15)10-19-17(21)11-4-2-1-3-5-11/h1-9H,10H2,(H,19,21). The number of hydrogen-bond donors (Lipinski definition) is 1. The molecule has 0 unspecified atom stereocenters. The Morgan fingerprint density at radius 2 is 1.86 bits per heavy atom. The highest BCUT2D eigenvalue weighted by Gasteiger charge is 2.09. The highest BCUT2D eigenvalue weighted by molar-refractivity contribution is 5.94. The van der Waals surface area contributed by atoms with Crippen LogP contribution in [-0.2, 0) is 6.54 Å². The number of carbonyl (C=O) groups is 1. The van der Waals surface area contributed by atoms with Gasteiger partial charge >= 0.3 is 5.63 Å². The van der Waals surface area contributed by atoms with Gasteiger partial charge in [-0.05, 0) is 35.9 Å². The van der Waals surface area contributed by atoms with Crippen LogP contribution in [0, 0.1) is 5.82 Å². The summed E-state index contributed by atoms with van der Waals surface area (Å²) in [5, 5.41) is 3.18. The van der Waals surface area contributed by atoms with Crippen LogP contribution in [0.1, 0.15) is 15.9 Å². The Balaban J connectivity index is 1.89. The quantitative estimate of drug-likeness (QED) is 0.756. The first-order chi connectivity index (χ1) is 10.6. The molecule has 0 fully saturated rings. The van der Waals surface area contributed by atoms with E-state index in [0.717, 1.165) is 0 Å². The third-order valence-corrected chi connectivity index (χ3v) is 3.27. The molecule has 0 aliphatic heterocycles. The first kappa shape index (κ1) is 14.0. The number of amides is 1. The van der Waals surface area contributed by atoms with Crippen LogP contribution in [0.15, 0.2) is 63.8 Å². The van der Waals surface area contributed by atoms with E-state index in [2.05, 4.69) is 5.32 Å². The SMILES string of the molecule is O=C(NCc1cc(=O)oc2ccc(F)cc12)c1ccccc1. The largest absolute Gasteiger partial charge is 0.423 e. The summed E-state index contributed by atoms with van der Waals surface area (Å²) in [5.41, 5.74) is 0.775. The molecule has 1 aromatic heterocycles. The summed E-state index contributed by atoms with van der Waals surface area (Å²) in [5.74, 6) is -0.699. The van der Waals surface area contributed by atoms with Crippen LogP contribution in [0.4, 0.5) is 4.39 Å². The molecule has 3 rings (SSSR count). The molecule has 3 aromatic rings. The molecule has 0 spiro atoms. The lowest BCUT2D eigenvalue weighted by atomic mass is 10.1. The molecule has 2 aromatic carbocycles. The molecule has 0 aliphatic carbocycles. The summed E-state index contributed by atoms with van der Waals surface area (Å²) < 4.78 is 18.4. The predicted octanol–water partition coefficient (Wildman–Crippen LogP) is 2.86. The van der Waals surface area contributed by atoms with Crippen LogP contribution >= 0.6 is 0 Å². The van der Waals surface area contributed by atoms with E-state index in [1.165, 1.54) is 24.3 Å². The normalized spacial score (nSPS) is 10.6. The molecule has 4 nitrogen and oxygen atoms in total. The van der Waals surface area contributed by atoms with E-state index >= 15 is 0 Å². The number of rotatable bonds is 3. The fourth-order valence-electron chi connectivity index (χ4n) is 2.21. The Morgan fingerprint density at radius 1 is 1.09 bits per heavy atom. The van der Waals surface area contributed by atoms with Gasteiger partial charge in [0.15, 0.2) is 0 Å². The molecule has 0 bridgehead atoms. The van der Waals surface area contributed by atoms with Crippen molar-refractivity contribution in [3.63, 3.8) is 0 Å². The van der Waals surface area contributed by atoms with Crippen molar-refractivity contribution in [2.75, 3.05) is 0 Å². The van der Waals surface area contributed by atoms with Gasteiger partial charge in [0.1, 0.15) is 11.4 Å². The van der Waals surface area contributed by atoms with E-state index in [1.807, 2.05) is 6.07 Å². The van der Waals surface area contributed by atoms with Crippen LogP contribution in [-0.4, -0.2) is 5.91 Å². The van der Waals surface area contributed by atoms with Gasteiger partial charge in [-0.15, -0.1) is 0 Å². The highest BCUT2D eigenvalue weighted by Crippen LogP contribution is 2.18. The molecule has 1 N–H and O–H groups in total. The maximum absolute atomic E-state index is 13.4. The van der Waals surface area contributed by atoms with Gasteiger partial charge in [0.05, 0.1) is 0 Å². The zero-order chi connectivity index (χ0) is 15.5. The number of fused-ring (bicyclic) bond motifs is 1. The molecular weight excluding hydrogens is 285 g/mol. The minimum Gasteiger partial charge on any atom is -0.423 e. The summed E-state index contributed by atoms with van der Waals surface area (Å²) in [6.45, 7) is 0.110. The summed E-state index contributed by atoms with van der Waals surface area (Å²) in [6, 6.07) is 13.9. The van der Waals surface area contributed by atoms with Gasteiger partial charge in [-0.3, -0.25) is 4.79 Å². The van der Waals surface area contributed by atoms with E-state index in [4.69, 9.17) is 4.42 Å². The monoisotopic (exact) mass is 297 g/mol. The molecular formula is C17H12FNO3.